The molecule has 4 heteroatoms. The zero-order valence-corrected chi connectivity index (χ0v) is 28.1. The quantitative estimate of drug-likeness (QED) is 0.179. The van der Waals surface area contributed by atoms with Crippen LogP contribution in [0.25, 0.3) is 99.2 Å². The minimum Gasteiger partial charge on any atom is -0.309 e. The minimum absolute atomic E-state index is 1.15. The molecule has 242 valence electrons. The van der Waals surface area contributed by atoms with Gasteiger partial charge in [-0.25, -0.2) is 0 Å². The van der Waals surface area contributed by atoms with Gasteiger partial charge in [-0.05, 0) is 91.0 Å². The zero-order valence-electron chi connectivity index (χ0n) is 28.1. The number of hydrogen-bond donors (Lipinski definition) is 0. The summed E-state index contributed by atoms with van der Waals surface area (Å²) in [5.41, 5.74) is 14.3. The van der Waals surface area contributed by atoms with E-state index in [0.29, 0.717) is 0 Å². The monoisotopic (exact) mass is 662 g/mol. The highest BCUT2D eigenvalue weighted by Crippen LogP contribution is 2.43. The molecule has 8 aromatic carbocycles. The van der Waals surface area contributed by atoms with Gasteiger partial charge in [0.1, 0.15) is 0 Å². The third kappa shape index (κ3) is 3.60. The van der Waals surface area contributed by atoms with Gasteiger partial charge in [-0.1, -0.05) is 91.0 Å². The van der Waals surface area contributed by atoms with Crippen molar-refractivity contribution >= 4 is 76.5 Å². The fourth-order valence-electron chi connectivity index (χ4n) is 9.06. The first-order chi connectivity index (χ1) is 25.8. The molecular weight excluding hydrogens is 633 g/mol. The van der Waals surface area contributed by atoms with Gasteiger partial charge in [0.05, 0.1) is 44.1 Å². The Morgan fingerprint density at radius 2 is 0.558 bits per heavy atom. The van der Waals surface area contributed by atoms with Crippen LogP contribution in [0.2, 0.25) is 0 Å². The van der Waals surface area contributed by atoms with Gasteiger partial charge in [0.15, 0.2) is 0 Å². The highest BCUT2D eigenvalue weighted by atomic mass is 15.0. The van der Waals surface area contributed by atoms with E-state index in [2.05, 4.69) is 200 Å². The molecule has 0 saturated heterocycles. The molecule has 0 saturated carbocycles. The summed E-state index contributed by atoms with van der Waals surface area (Å²) in [5.74, 6) is 0. The number of rotatable bonds is 4. The first kappa shape index (κ1) is 27.7. The van der Waals surface area contributed by atoms with Crippen molar-refractivity contribution in [1.82, 2.24) is 18.3 Å². The fraction of sp³-hybridized carbons (Fsp3) is 0. The molecular formula is C48H30N4. The Bertz CT molecular complexity index is 3230. The van der Waals surface area contributed by atoms with Crippen LogP contribution in [0, 0.1) is 0 Å². The molecule has 0 spiro atoms. The van der Waals surface area contributed by atoms with E-state index >= 15 is 0 Å². The molecule has 0 bridgehead atoms. The molecule has 12 aromatic rings. The first-order valence-corrected chi connectivity index (χ1v) is 17.9. The molecule has 0 radical (unpaired) electrons. The van der Waals surface area contributed by atoms with Crippen LogP contribution >= 0.6 is 0 Å². The lowest BCUT2D eigenvalue weighted by Gasteiger charge is -2.14. The topological polar surface area (TPSA) is 19.7 Å². The highest BCUT2D eigenvalue weighted by Gasteiger charge is 2.23. The van der Waals surface area contributed by atoms with E-state index in [1.165, 1.54) is 87.8 Å². The van der Waals surface area contributed by atoms with Crippen molar-refractivity contribution in [3.05, 3.63) is 182 Å². The minimum atomic E-state index is 1.15. The maximum absolute atomic E-state index is 2.46. The zero-order chi connectivity index (χ0) is 33.9. The van der Waals surface area contributed by atoms with Crippen LogP contribution in [0.15, 0.2) is 182 Å². The number of hydrogen-bond acceptors (Lipinski definition) is 0. The average molecular weight is 663 g/mol. The number of nitrogens with zero attached hydrogens (tertiary/aromatic N) is 4. The Balaban J connectivity index is 1.08. The summed E-state index contributed by atoms with van der Waals surface area (Å²) in [6.07, 6.45) is 0. The van der Waals surface area contributed by atoms with Gasteiger partial charge in [0.2, 0.25) is 0 Å². The van der Waals surface area contributed by atoms with E-state index in [9.17, 15) is 0 Å². The molecule has 0 N–H and O–H groups in total. The second-order valence-corrected chi connectivity index (χ2v) is 13.8. The lowest BCUT2D eigenvalue weighted by molar-refractivity contribution is 1.13. The Labute approximate surface area is 298 Å². The SMILES string of the molecule is c1ccc(-n2c3ccccc3c3cc(-n4c5cccc6c5c5c(cccc54)n6-c4cccc(-n5c6ccccc6c6ccccc65)c4)ccc32)cc1. The van der Waals surface area contributed by atoms with Gasteiger partial charge in [0.25, 0.3) is 0 Å². The van der Waals surface area contributed by atoms with Gasteiger partial charge < -0.3 is 18.3 Å². The summed E-state index contributed by atoms with van der Waals surface area (Å²) in [6.45, 7) is 0. The predicted octanol–water partition coefficient (Wildman–Crippen LogP) is 12.4. The highest BCUT2D eigenvalue weighted by molar-refractivity contribution is 6.25. The summed E-state index contributed by atoms with van der Waals surface area (Å²) in [5, 5.41) is 7.63. The maximum atomic E-state index is 2.46. The average Bonchev–Trinajstić information content (AvgIpc) is 3.94. The van der Waals surface area contributed by atoms with E-state index in [4.69, 9.17) is 0 Å². The molecule has 4 aromatic heterocycles. The molecule has 0 atom stereocenters. The number of aromatic nitrogens is 4. The van der Waals surface area contributed by atoms with Crippen LogP contribution in [-0.4, -0.2) is 18.3 Å². The largest absolute Gasteiger partial charge is 0.309 e. The molecule has 0 aliphatic rings. The van der Waals surface area contributed by atoms with Crippen molar-refractivity contribution in [1.29, 1.82) is 0 Å². The van der Waals surface area contributed by atoms with Gasteiger partial charge in [0, 0.05) is 55.1 Å². The van der Waals surface area contributed by atoms with E-state index in [1.807, 2.05) is 0 Å². The Morgan fingerprint density at radius 1 is 0.212 bits per heavy atom. The molecule has 12 rings (SSSR count). The second-order valence-electron chi connectivity index (χ2n) is 13.8. The van der Waals surface area contributed by atoms with Gasteiger partial charge in [-0.15, -0.1) is 0 Å². The maximum Gasteiger partial charge on any atom is 0.0563 e. The Kier molecular flexibility index (Phi) is 5.47. The van der Waals surface area contributed by atoms with Crippen molar-refractivity contribution in [2.24, 2.45) is 0 Å². The molecule has 0 amide bonds. The molecule has 0 fully saturated rings. The summed E-state index contributed by atoms with van der Waals surface area (Å²) in [7, 11) is 0. The summed E-state index contributed by atoms with van der Waals surface area (Å²) < 4.78 is 9.68. The van der Waals surface area contributed by atoms with Crippen molar-refractivity contribution in [3.8, 4) is 22.7 Å². The third-order valence-electron chi connectivity index (χ3n) is 11.1. The van der Waals surface area contributed by atoms with Crippen LogP contribution in [0.4, 0.5) is 0 Å². The Morgan fingerprint density at radius 3 is 1.10 bits per heavy atom. The van der Waals surface area contributed by atoms with Gasteiger partial charge >= 0.3 is 0 Å². The van der Waals surface area contributed by atoms with Crippen LogP contribution in [0.5, 0.6) is 0 Å². The van der Waals surface area contributed by atoms with E-state index < -0.39 is 0 Å². The Hall–Kier alpha value is -7.04. The summed E-state index contributed by atoms with van der Waals surface area (Å²) in [4.78, 5) is 0. The normalized spacial score (nSPS) is 12.2. The fourth-order valence-corrected chi connectivity index (χ4v) is 9.06. The van der Waals surface area contributed by atoms with Crippen molar-refractivity contribution in [3.63, 3.8) is 0 Å². The molecule has 0 aliphatic heterocycles. The second kappa shape index (κ2) is 10.3. The van der Waals surface area contributed by atoms with Crippen LogP contribution in [0.1, 0.15) is 0 Å². The number of fused-ring (bicyclic) bond motifs is 6. The first-order valence-electron chi connectivity index (χ1n) is 17.9. The smallest absolute Gasteiger partial charge is 0.0563 e. The number of benzene rings is 8. The van der Waals surface area contributed by atoms with Gasteiger partial charge in [-0.3, -0.25) is 0 Å². The van der Waals surface area contributed by atoms with Crippen LogP contribution < -0.4 is 0 Å². The lowest BCUT2D eigenvalue weighted by atomic mass is 10.1. The van der Waals surface area contributed by atoms with Crippen molar-refractivity contribution < 1.29 is 0 Å². The van der Waals surface area contributed by atoms with E-state index in [1.54, 1.807) is 0 Å². The molecule has 0 aliphatic carbocycles. The molecule has 0 unspecified atom stereocenters. The lowest BCUT2D eigenvalue weighted by Crippen LogP contribution is -2.00. The van der Waals surface area contributed by atoms with E-state index in [-0.39, 0.29) is 0 Å². The van der Waals surface area contributed by atoms with Crippen molar-refractivity contribution in [2.75, 3.05) is 0 Å². The molecule has 4 heterocycles. The third-order valence-corrected chi connectivity index (χ3v) is 11.1. The summed E-state index contributed by atoms with van der Waals surface area (Å²) >= 11 is 0. The van der Waals surface area contributed by atoms with Crippen molar-refractivity contribution in [2.45, 2.75) is 0 Å². The summed E-state index contributed by atoms with van der Waals surface area (Å²) in [6, 6.07) is 66.3. The van der Waals surface area contributed by atoms with E-state index in [0.717, 1.165) is 11.4 Å². The van der Waals surface area contributed by atoms with Crippen LogP contribution in [0.3, 0.4) is 0 Å². The predicted molar refractivity (Wildman–Crippen MR) is 217 cm³/mol. The molecule has 4 nitrogen and oxygen atoms in total. The molecule has 52 heavy (non-hydrogen) atoms. The number of para-hydroxylation sites is 4. The van der Waals surface area contributed by atoms with Crippen LogP contribution in [-0.2, 0) is 0 Å². The standard InChI is InChI=1S/C48H30N4/c1-2-13-31(14-3-1)49-41-22-9-6-19-37(41)38-30-34(27-28-42(38)49)52-45-25-11-23-43-47(45)48-44(24-12-26-46(48)52)51(43)33-16-10-15-32(29-33)50-39-20-7-4-17-35(39)36-18-5-8-21-40(36)50/h1-30H. The van der Waals surface area contributed by atoms with Gasteiger partial charge in [-0.2, -0.15) is 0 Å².